The fourth-order valence-corrected chi connectivity index (χ4v) is 1.25. The van der Waals surface area contributed by atoms with Gasteiger partial charge < -0.3 is 5.11 Å². The van der Waals surface area contributed by atoms with Gasteiger partial charge in [0.25, 0.3) is 0 Å². The number of hydrogen-bond acceptors (Lipinski definition) is 7. The molecule has 0 saturated heterocycles. The lowest BCUT2D eigenvalue weighted by Crippen LogP contribution is -2.50. The average Bonchev–Trinajstić information content (AvgIpc) is 2.19. The molecule has 1 aromatic rings. The Kier molecular flexibility index (Phi) is 2.89. The van der Waals surface area contributed by atoms with Gasteiger partial charge in [-0.1, -0.05) is 12.1 Å². The Labute approximate surface area is 92.5 Å². The third-order valence-electron chi connectivity index (χ3n) is 2.03. The second-order valence-corrected chi connectivity index (χ2v) is 2.92. The van der Waals surface area contributed by atoms with Gasteiger partial charge in [0.05, 0.1) is 0 Å². The van der Waals surface area contributed by atoms with E-state index in [2.05, 4.69) is 0 Å². The molecule has 0 radical (unpaired) electrons. The molecule has 0 heterocycles. The topological polar surface area (TPSA) is 150 Å². The maximum Gasteiger partial charge on any atom is 0.732 e. The third-order valence-corrected chi connectivity index (χ3v) is 2.03. The molecule has 0 fully saturated rings. The van der Waals surface area contributed by atoms with Gasteiger partial charge in [-0.3, -0.25) is 30.3 Å². The molecule has 0 aliphatic heterocycles. The zero-order chi connectivity index (χ0) is 13.2. The van der Waals surface area contributed by atoms with Crippen LogP contribution in [0.25, 0.3) is 0 Å². The van der Waals surface area contributed by atoms with Gasteiger partial charge in [0.2, 0.25) is 5.56 Å². The molecule has 10 heteroatoms. The summed E-state index contributed by atoms with van der Waals surface area (Å²) in [5, 5.41) is 41.3. The second kappa shape index (κ2) is 4.00. The number of nitro groups is 3. The molecule has 0 aliphatic carbocycles. The summed E-state index contributed by atoms with van der Waals surface area (Å²) in [5.41, 5.74) is -1.000. The number of benzene rings is 1. The van der Waals surface area contributed by atoms with Crippen LogP contribution in [0.5, 0.6) is 5.75 Å². The van der Waals surface area contributed by atoms with Crippen molar-refractivity contribution in [2.24, 2.45) is 0 Å². The van der Waals surface area contributed by atoms with Gasteiger partial charge in [-0.25, -0.2) is 0 Å². The van der Waals surface area contributed by atoms with Crippen LogP contribution in [0.1, 0.15) is 5.56 Å². The molecular formula is C7H5N3O7. The van der Waals surface area contributed by atoms with Gasteiger partial charge in [-0.05, 0) is 12.1 Å². The SMILES string of the molecule is O=[N+]([O-])C(c1ccccc1O)([N+](=O)[O-])[N+](=O)[O-]. The van der Waals surface area contributed by atoms with E-state index in [1.165, 1.54) is 6.07 Å². The third kappa shape index (κ3) is 1.60. The summed E-state index contributed by atoms with van der Waals surface area (Å²) in [6, 6.07) is 3.98. The van der Waals surface area contributed by atoms with E-state index in [-0.39, 0.29) is 0 Å². The second-order valence-electron chi connectivity index (χ2n) is 2.92. The van der Waals surface area contributed by atoms with Gasteiger partial charge >= 0.3 is 5.79 Å². The van der Waals surface area contributed by atoms with Crippen LogP contribution in [0, 0.1) is 30.3 Å². The number of phenolic OH excluding ortho intramolecular Hbond substituents is 1. The van der Waals surface area contributed by atoms with Gasteiger partial charge in [0.15, 0.2) is 14.8 Å². The van der Waals surface area contributed by atoms with Crippen LogP contribution in [0.15, 0.2) is 24.3 Å². The van der Waals surface area contributed by atoms with Crippen molar-refractivity contribution in [3.05, 3.63) is 60.2 Å². The van der Waals surface area contributed by atoms with Crippen LogP contribution in [0.4, 0.5) is 0 Å². The Morgan fingerprint density at radius 2 is 1.35 bits per heavy atom. The molecule has 0 aliphatic rings. The van der Waals surface area contributed by atoms with E-state index in [9.17, 15) is 35.4 Å². The maximum absolute atomic E-state index is 10.7. The molecule has 0 atom stereocenters. The van der Waals surface area contributed by atoms with E-state index >= 15 is 0 Å². The minimum atomic E-state index is -3.80. The first-order valence-corrected chi connectivity index (χ1v) is 4.07. The molecule has 0 amide bonds. The Morgan fingerprint density at radius 3 is 1.71 bits per heavy atom. The highest BCUT2D eigenvalue weighted by Crippen LogP contribution is 2.32. The first-order valence-electron chi connectivity index (χ1n) is 4.07. The van der Waals surface area contributed by atoms with Crippen molar-refractivity contribution in [2.75, 3.05) is 0 Å². The molecule has 10 nitrogen and oxygen atoms in total. The number of para-hydroxylation sites is 1. The molecular weight excluding hydrogens is 238 g/mol. The lowest BCUT2D eigenvalue weighted by molar-refractivity contribution is -0.986. The van der Waals surface area contributed by atoms with Crippen LogP contribution in [-0.2, 0) is 5.79 Å². The summed E-state index contributed by atoms with van der Waals surface area (Å²) in [7, 11) is 0. The summed E-state index contributed by atoms with van der Waals surface area (Å²) in [6.07, 6.45) is 0. The van der Waals surface area contributed by atoms with Gasteiger partial charge in [-0.2, -0.15) is 0 Å². The summed E-state index contributed by atoms with van der Waals surface area (Å²) in [6.45, 7) is 0. The minimum Gasteiger partial charge on any atom is -0.507 e. The van der Waals surface area contributed by atoms with Crippen molar-refractivity contribution in [2.45, 2.75) is 5.79 Å². The molecule has 0 bridgehead atoms. The fourth-order valence-electron chi connectivity index (χ4n) is 1.25. The predicted molar refractivity (Wildman–Crippen MR) is 50.8 cm³/mol. The summed E-state index contributed by atoms with van der Waals surface area (Å²) in [5.74, 6) is -4.69. The van der Waals surface area contributed by atoms with Crippen LogP contribution in [0.2, 0.25) is 0 Å². The number of nitrogens with zero attached hydrogens (tertiary/aromatic N) is 3. The van der Waals surface area contributed by atoms with Crippen LogP contribution < -0.4 is 0 Å². The van der Waals surface area contributed by atoms with Crippen molar-refractivity contribution in [1.82, 2.24) is 0 Å². The van der Waals surface area contributed by atoms with Crippen LogP contribution in [0.3, 0.4) is 0 Å². The minimum absolute atomic E-state index is 0.754. The number of hydrogen-bond donors (Lipinski definition) is 1. The lowest BCUT2D eigenvalue weighted by Gasteiger charge is -2.09. The van der Waals surface area contributed by atoms with Gasteiger partial charge in [0, 0.05) is 0 Å². The number of rotatable bonds is 4. The van der Waals surface area contributed by atoms with Crippen LogP contribution >= 0.6 is 0 Å². The lowest BCUT2D eigenvalue weighted by atomic mass is 10.1. The van der Waals surface area contributed by atoms with Crippen molar-refractivity contribution in [3.63, 3.8) is 0 Å². The first-order chi connectivity index (χ1) is 7.85. The molecule has 1 aromatic carbocycles. The van der Waals surface area contributed by atoms with Gasteiger partial charge in [0.1, 0.15) is 5.75 Å². The zero-order valence-corrected chi connectivity index (χ0v) is 8.05. The average molecular weight is 243 g/mol. The highest BCUT2D eigenvalue weighted by Gasteiger charge is 2.73. The van der Waals surface area contributed by atoms with E-state index in [0.29, 0.717) is 0 Å². The van der Waals surface area contributed by atoms with E-state index in [1.54, 1.807) is 0 Å². The Morgan fingerprint density at radius 1 is 0.941 bits per heavy atom. The normalized spacial score (nSPS) is 10.8. The van der Waals surface area contributed by atoms with E-state index in [1.807, 2.05) is 0 Å². The highest BCUT2D eigenvalue weighted by atomic mass is 16.7. The fraction of sp³-hybridized carbons (Fsp3) is 0.143. The van der Waals surface area contributed by atoms with Gasteiger partial charge in [-0.15, -0.1) is 0 Å². The van der Waals surface area contributed by atoms with E-state index < -0.39 is 31.9 Å². The molecule has 90 valence electrons. The highest BCUT2D eigenvalue weighted by molar-refractivity contribution is 5.33. The smallest absolute Gasteiger partial charge is 0.507 e. The quantitative estimate of drug-likeness (QED) is 0.454. The van der Waals surface area contributed by atoms with E-state index in [4.69, 9.17) is 0 Å². The Balaban J connectivity index is 3.66. The molecule has 17 heavy (non-hydrogen) atoms. The molecule has 0 spiro atoms. The van der Waals surface area contributed by atoms with Crippen molar-refractivity contribution >= 4 is 0 Å². The van der Waals surface area contributed by atoms with E-state index in [0.717, 1.165) is 18.2 Å². The van der Waals surface area contributed by atoms with Crippen LogP contribution in [-0.4, -0.2) is 19.9 Å². The number of aromatic hydroxyl groups is 1. The predicted octanol–water partition coefficient (Wildman–Crippen LogP) is 0.333. The first kappa shape index (κ1) is 12.3. The van der Waals surface area contributed by atoms with Crippen molar-refractivity contribution in [1.29, 1.82) is 0 Å². The van der Waals surface area contributed by atoms with Crippen molar-refractivity contribution < 1.29 is 19.9 Å². The molecule has 1 N–H and O–H groups in total. The summed E-state index contributed by atoms with van der Waals surface area (Å²) in [4.78, 5) is 27.0. The molecule has 1 rings (SSSR count). The Hall–Kier alpha value is -2.78. The molecule has 0 saturated carbocycles. The Bertz CT molecular complexity index is 464. The van der Waals surface area contributed by atoms with Crippen molar-refractivity contribution in [3.8, 4) is 5.75 Å². The largest absolute Gasteiger partial charge is 0.732 e. The molecule has 0 unspecified atom stereocenters. The molecule has 0 aromatic heterocycles. The summed E-state index contributed by atoms with van der Waals surface area (Å²) < 4.78 is 0. The summed E-state index contributed by atoms with van der Waals surface area (Å²) >= 11 is 0. The monoisotopic (exact) mass is 243 g/mol. The number of phenols is 1. The standard InChI is InChI=1S/C7H5N3O7/c11-6-4-2-1-3-5(6)7(8(12)13,9(14)15)10(16)17/h1-4,11H. The maximum atomic E-state index is 10.7. The zero-order valence-electron chi connectivity index (χ0n) is 8.05.